The first-order chi connectivity index (χ1) is 9.06. The SMILES string of the molecule is CC(C)(CNC(=O)N1CCCCC1C(=O)O)S(C)(=O)=O. The summed E-state index contributed by atoms with van der Waals surface area (Å²) in [4.78, 5) is 24.4. The maximum atomic E-state index is 12.0. The number of likely N-dealkylation sites (tertiary alicyclic amines) is 1. The van der Waals surface area contributed by atoms with Crippen molar-refractivity contribution in [3.63, 3.8) is 0 Å². The van der Waals surface area contributed by atoms with Crippen LogP contribution < -0.4 is 5.32 Å². The Labute approximate surface area is 119 Å². The second kappa shape index (κ2) is 5.99. The number of hydrogen-bond acceptors (Lipinski definition) is 4. The van der Waals surface area contributed by atoms with Crippen LogP contribution in [0.5, 0.6) is 0 Å². The highest BCUT2D eigenvalue weighted by Crippen LogP contribution is 2.18. The Bertz CT molecular complexity index is 486. The molecule has 0 aliphatic carbocycles. The molecule has 1 heterocycles. The van der Waals surface area contributed by atoms with Crippen LogP contribution in [0.25, 0.3) is 0 Å². The first-order valence-electron chi connectivity index (χ1n) is 6.53. The van der Waals surface area contributed by atoms with Crippen LogP contribution in [0.15, 0.2) is 0 Å². The summed E-state index contributed by atoms with van der Waals surface area (Å²) < 4.78 is 22.0. The van der Waals surface area contributed by atoms with Crippen molar-refractivity contribution in [1.82, 2.24) is 10.2 Å². The van der Waals surface area contributed by atoms with Crippen molar-refractivity contribution >= 4 is 21.8 Å². The van der Waals surface area contributed by atoms with Crippen molar-refractivity contribution < 1.29 is 23.1 Å². The number of carbonyl (C=O) groups is 2. The maximum Gasteiger partial charge on any atom is 0.326 e. The Morgan fingerprint density at radius 3 is 2.45 bits per heavy atom. The molecule has 8 heteroatoms. The number of sulfone groups is 1. The highest BCUT2D eigenvalue weighted by molar-refractivity contribution is 7.92. The number of piperidine rings is 1. The molecule has 1 unspecified atom stereocenters. The Morgan fingerprint density at radius 1 is 1.35 bits per heavy atom. The summed E-state index contributed by atoms with van der Waals surface area (Å²) in [7, 11) is -3.31. The van der Waals surface area contributed by atoms with E-state index in [0.29, 0.717) is 13.0 Å². The molecule has 0 aromatic heterocycles. The summed E-state index contributed by atoms with van der Waals surface area (Å²) in [5.74, 6) is -1.03. The third-order valence-electron chi connectivity index (χ3n) is 3.72. The van der Waals surface area contributed by atoms with Crippen LogP contribution in [0.3, 0.4) is 0 Å². The summed E-state index contributed by atoms with van der Waals surface area (Å²) in [5, 5.41) is 11.6. The molecule has 2 N–H and O–H groups in total. The summed E-state index contributed by atoms with van der Waals surface area (Å²) >= 11 is 0. The molecule has 0 bridgehead atoms. The number of urea groups is 1. The molecule has 1 saturated heterocycles. The number of carbonyl (C=O) groups excluding carboxylic acids is 1. The fraction of sp³-hybridized carbons (Fsp3) is 0.833. The summed E-state index contributed by atoms with van der Waals surface area (Å²) in [6.07, 6.45) is 3.07. The molecule has 1 aliphatic heterocycles. The lowest BCUT2D eigenvalue weighted by atomic mass is 10.0. The van der Waals surface area contributed by atoms with Gasteiger partial charge in [-0.1, -0.05) is 0 Å². The predicted octanol–water partition coefficient (Wildman–Crippen LogP) is 0.458. The van der Waals surface area contributed by atoms with Crippen LogP contribution >= 0.6 is 0 Å². The molecule has 0 saturated carbocycles. The van der Waals surface area contributed by atoms with E-state index < -0.39 is 32.6 Å². The fourth-order valence-electron chi connectivity index (χ4n) is 1.95. The van der Waals surface area contributed by atoms with Crippen LogP contribution in [-0.2, 0) is 14.6 Å². The Hall–Kier alpha value is -1.31. The molecular formula is C12H22N2O5S. The van der Waals surface area contributed by atoms with E-state index in [-0.39, 0.29) is 6.54 Å². The number of carboxylic acid groups (broad SMARTS) is 1. The average molecular weight is 306 g/mol. The van der Waals surface area contributed by atoms with Crippen LogP contribution in [0.2, 0.25) is 0 Å². The lowest BCUT2D eigenvalue weighted by Crippen LogP contribution is -2.54. The average Bonchev–Trinajstić information content (AvgIpc) is 2.34. The number of rotatable bonds is 4. The van der Waals surface area contributed by atoms with Gasteiger partial charge in [0.2, 0.25) is 0 Å². The Kier molecular flexibility index (Phi) is 5.01. The molecule has 2 amide bonds. The van der Waals surface area contributed by atoms with Gasteiger partial charge in [-0.2, -0.15) is 0 Å². The van der Waals surface area contributed by atoms with Crippen LogP contribution in [0, 0.1) is 0 Å². The van der Waals surface area contributed by atoms with Crippen molar-refractivity contribution in [2.24, 2.45) is 0 Å². The first-order valence-corrected chi connectivity index (χ1v) is 8.42. The minimum absolute atomic E-state index is 0.0481. The zero-order valence-corrected chi connectivity index (χ0v) is 12.9. The van der Waals surface area contributed by atoms with Crippen molar-refractivity contribution in [2.45, 2.75) is 43.9 Å². The molecule has 0 aromatic rings. The molecule has 116 valence electrons. The summed E-state index contributed by atoms with van der Waals surface area (Å²) in [6.45, 7) is 3.37. The second-order valence-corrected chi connectivity index (χ2v) is 8.38. The minimum atomic E-state index is -3.31. The number of nitrogens with zero attached hydrogens (tertiary/aromatic N) is 1. The number of aliphatic carboxylic acids is 1. The summed E-state index contributed by atoms with van der Waals surface area (Å²) in [5.41, 5.74) is 0. The van der Waals surface area contributed by atoms with Gasteiger partial charge in [0.15, 0.2) is 9.84 Å². The van der Waals surface area contributed by atoms with Crippen LogP contribution in [0.4, 0.5) is 4.79 Å². The second-order valence-electron chi connectivity index (χ2n) is 5.73. The molecule has 0 aromatic carbocycles. The van der Waals surface area contributed by atoms with E-state index in [1.54, 1.807) is 0 Å². The van der Waals surface area contributed by atoms with E-state index in [1.165, 1.54) is 18.7 Å². The molecule has 0 radical (unpaired) electrons. The third-order valence-corrected chi connectivity index (χ3v) is 5.87. The number of nitrogens with one attached hydrogen (secondary N) is 1. The van der Waals surface area contributed by atoms with Crippen molar-refractivity contribution in [3.8, 4) is 0 Å². The Balaban J connectivity index is 2.69. The van der Waals surface area contributed by atoms with E-state index in [2.05, 4.69) is 5.32 Å². The van der Waals surface area contributed by atoms with Gasteiger partial charge in [0.1, 0.15) is 6.04 Å². The van der Waals surface area contributed by atoms with E-state index in [4.69, 9.17) is 5.11 Å². The van der Waals surface area contributed by atoms with Gasteiger partial charge in [0.25, 0.3) is 0 Å². The predicted molar refractivity (Wildman–Crippen MR) is 74.3 cm³/mol. The van der Waals surface area contributed by atoms with Crippen molar-refractivity contribution in [2.75, 3.05) is 19.3 Å². The standard InChI is InChI=1S/C12H22N2O5S/c1-12(2,20(3,18)19)8-13-11(17)14-7-5-4-6-9(14)10(15)16/h9H,4-8H2,1-3H3,(H,13,17)(H,15,16). The Morgan fingerprint density at radius 2 is 1.95 bits per heavy atom. The minimum Gasteiger partial charge on any atom is -0.480 e. The molecular weight excluding hydrogens is 284 g/mol. The zero-order chi connectivity index (χ0) is 15.6. The largest absolute Gasteiger partial charge is 0.480 e. The van der Waals surface area contributed by atoms with E-state index in [0.717, 1.165) is 19.1 Å². The summed E-state index contributed by atoms with van der Waals surface area (Å²) in [6, 6.07) is -1.35. The molecule has 1 rings (SSSR count). The van der Waals surface area contributed by atoms with E-state index in [1.807, 2.05) is 0 Å². The highest BCUT2D eigenvalue weighted by Gasteiger charge is 2.34. The normalized spacial score (nSPS) is 20.6. The van der Waals surface area contributed by atoms with Gasteiger partial charge in [-0.3, -0.25) is 0 Å². The molecule has 1 fully saturated rings. The highest BCUT2D eigenvalue weighted by atomic mass is 32.2. The van der Waals surface area contributed by atoms with Crippen molar-refractivity contribution in [3.05, 3.63) is 0 Å². The van der Waals surface area contributed by atoms with Gasteiger partial charge in [0, 0.05) is 19.3 Å². The van der Waals surface area contributed by atoms with Crippen molar-refractivity contribution in [1.29, 1.82) is 0 Å². The lowest BCUT2D eigenvalue weighted by Gasteiger charge is -2.34. The quantitative estimate of drug-likeness (QED) is 0.785. The van der Waals surface area contributed by atoms with Gasteiger partial charge >= 0.3 is 12.0 Å². The number of hydrogen-bond donors (Lipinski definition) is 2. The smallest absolute Gasteiger partial charge is 0.326 e. The fourth-order valence-corrected chi connectivity index (χ4v) is 2.29. The van der Waals surface area contributed by atoms with Gasteiger partial charge in [-0.25, -0.2) is 18.0 Å². The monoisotopic (exact) mass is 306 g/mol. The van der Waals surface area contributed by atoms with E-state index in [9.17, 15) is 18.0 Å². The molecule has 7 nitrogen and oxygen atoms in total. The van der Waals surface area contributed by atoms with E-state index >= 15 is 0 Å². The van der Waals surface area contributed by atoms with Gasteiger partial charge in [-0.05, 0) is 33.1 Å². The molecule has 20 heavy (non-hydrogen) atoms. The first kappa shape index (κ1) is 16.7. The van der Waals surface area contributed by atoms with Gasteiger partial charge in [0.05, 0.1) is 4.75 Å². The maximum absolute atomic E-state index is 12.0. The number of amides is 2. The zero-order valence-electron chi connectivity index (χ0n) is 12.0. The third kappa shape index (κ3) is 3.84. The topological polar surface area (TPSA) is 104 Å². The van der Waals surface area contributed by atoms with Gasteiger partial charge < -0.3 is 15.3 Å². The lowest BCUT2D eigenvalue weighted by molar-refractivity contribution is -0.143. The number of carboxylic acids is 1. The molecule has 1 atom stereocenters. The van der Waals surface area contributed by atoms with Crippen LogP contribution in [0.1, 0.15) is 33.1 Å². The molecule has 1 aliphatic rings. The van der Waals surface area contributed by atoms with Crippen LogP contribution in [-0.4, -0.2) is 60.6 Å². The molecule has 0 spiro atoms. The van der Waals surface area contributed by atoms with Gasteiger partial charge in [-0.15, -0.1) is 0 Å².